The third-order valence-corrected chi connectivity index (χ3v) is 5.73. The van der Waals surface area contributed by atoms with Gasteiger partial charge in [-0.2, -0.15) is 0 Å². The Balaban J connectivity index is 1.70. The van der Waals surface area contributed by atoms with Crippen LogP contribution in [0.2, 0.25) is 5.02 Å². The molecule has 2 atom stereocenters. The second-order valence-corrected chi connectivity index (χ2v) is 7.37. The molecule has 2 saturated carbocycles. The van der Waals surface area contributed by atoms with Gasteiger partial charge in [-0.25, -0.2) is 0 Å². The van der Waals surface area contributed by atoms with Gasteiger partial charge >= 0.3 is 0 Å². The molecule has 0 radical (unpaired) electrons. The summed E-state index contributed by atoms with van der Waals surface area (Å²) >= 11 is 5.96. The fraction of sp³-hybridized carbons (Fsp3) is 0.471. The van der Waals surface area contributed by atoms with E-state index in [-0.39, 0.29) is 17.3 Å². The maximum atomic E-state index is 12.6. The zero-order valence-corrected chi connectivity index (χ0v) is 13.9. The van der Waals surface area contributed by atoms with Crippen LogP contribution in [0.4, 0.5) is 0 Å². The fourth-order valence-corrected chi connectivity index (χ4v) is 4.15. The van der Waals surface area contributed by atoms with Crippen molar-refractivity contribution in [2.75, 3.05) is 0 Å². The number of benzene rings is 1. The summed E-state index contributed by atoms with van der Waals surface area (Å²) < 4.78 is 0. The molecule has 2 fully saturated rings. The molecule has 0 saturated heterocycles. The van der Waals surface area contributed by atoms with Gasteiger partial charge < -0.3 is 0 Å². The van der Waals surface area contributed by atoms with Gasteiger partial charge in [0.25, 0.3) is 11.8 Å². The Morgan fingerprint density at radius 3 is 2.52 bits per heavy atom. The van der Waals surface area contributed by atoms with Crippen LogP contribution in [0.3, 0.4) is 0 Å². The molecule has 0 heterocycles. The summed E-state index contributed by atoms with van der Waals surface area (Å²) in [6.07, 6.45) is 1.98. The standard InChI is InChI=1S/C17H19ClN2O3/c1-16(2)10-7-8-17(9-10,14(16)22)15(23)20-19-13(21)11-5-3-4-6-12(11)18/h3-6,10H,7-9H2,1-2H3,(H,19,21)(H,20,23). The van der Waals surface area contributed by atoms with Gasteiger partial charge in [-0.1, -0.05) is 37.6 Å². The number of rotatable bonds is 2. The molecule has 1 aromatic rings. The zero-order valence-electron chi connectivity index (χ0n) is 13.1. The van der Waals surface area contributed by atoms with Crippen LogP contribution in [0.1, 0.15) is 43.5 Å². The first-order valence-corrected chi connectivity index (χ1v) is 8.07. The number of fused-ring (bicyclic) bond motifs is 2. The SMILES string of the molecule is CC1(C)C(=O)C2(C(=O)NNC(=O)c3ccccc3Cl)CCC1C2. The van der Waals surface area contributed by atoms with Crippen molar-refractivity contribution in [1.82, 2.24) is 10.9 Å². The number of hydrogen-bond donors (Lipinski definition) is 2. The fourth-order valence-electron chi connectivity index (χ4n) is 3.92. The lowest BCUT2D eigenvalue weighted by Crippen LogP contribution is -2.52. The van der Waals surface area contributed by atoms with Gasteiger partial charge in [0.15, 0.2) is 5.78 Å². The highest BCUT2D eigenvalue weighted by Crippen LogP contribution is 2.60. The number of amides is 2. The van der Waals surface area contributed by atoms with Crippen LogP contribution < -0.4 is 10.9 Å². The first-order chi connectivity index (χ1) is 10.8. The van der Waals surface area contributed by atoms with Gasteiger partial charge in [0, 0.05) is 5.41 Å². The Morgan fingerprint density at radius 1 is 1.22 bits per heavy atom. The van der Waals surface area contributed by atoms with Crippen LogP contribution in [-0.4, -0.2) is 17.6 Å². The molecule has 2 aliphatic carbocycles. The Kier molecular flexibility index (Phi) is 3.71. The van der Waals surface area contributed by atoms with Crippen molar-refractivity contribution < 1.29 is 14.4 Å². The molecule has 2 amide bonds. The van der Waals surface area contributed by atoms with Crippen molar-refractivity contribution in [3.05, 3.63) is 34.9 Å². The largest absolute Gasteiger partial charge is 0.298 e. The molecule has 2 unspecified atom stereocenters. The first-order valence-electron chi connectivity index (χ1n) is 7.69. The second-order valence-electron chi connectivity index (χ2n) is 6.96. The van der Waals surface area contributed by atoms with Crippen molar-refractivity contribution in [3.63, 3.8) is 0 Å². The second kappa shape index (κ2) is 5.34. The van der Waals surface area contributed by atoms with Gasteiger partial charge in [0.05, 0.1) is 10.6 Å². The maximum absolute atomic E-state index is 12.6. The van der Waals surface area contributed by atoms with Gasteiger partial charge in [0.2, 0.25) is 0 Å². The number of nitrogens with one attached hydrogen (secondary N) is 2. The molecular formula is C17H19ClN2O3. The van der Waals surface area contributed by atoms with E-state index in [0.717, 1.165) is 6.42 Å². The number of hydrogen-bond acceptors (Lipinski definition) is 3. The minimum Gasteiger partial charge on any atom is -0.298 e. The van der Waals surface area contributed by atoms with E-state index in [1.807, 2.05) is 13.8 Å². The van der Waals surface area contributed by atoms with Crippen LogP contribution >= 0.6 is 11.6 Å². The average Bonchev–Trinajstić information content (AvgIpc) is 3.05. The number of Topliss-reactive ketones (excluding diaryl/α,β-unsaturated/α-hetero) is 1. The van der Waals surface area contributed by atoms with E-state index >= 15 is 0 Å². The number of halogens is 1. The van der Waals surface area contributed by atoms with Crippen LogP contribution in [0.5, 0.6) is 0 Å². The van der Waals surface area contributed by atoms with Gasteiger partial charge in [0.1, 0.15) is 5.41 Å². The molecule has 2 N–H and O–H groups in total. The van der Waals surface area contributed by atoms with Gasteiger partial charge in [-0.3, -0.25) is 25.2 Å². The molecule has 0 spiro atoms. The summed E-state index contributed by atoms with van der Waals surface area (Å²) in [5, 5.41) is 0.302. The van der Waals surface area contributed by atoms with E-state index in [4.69, 9.17) is 11.6 Å². The molecule has 6 heteroatoms. The van der Waals surface area contributed by atoms with E-state index in [0.29, 0.717) is 17.9 Å². The molecule has 0 aromatic heterocycles. The van der Waals surface area contributed by atoms with Gasteiger partial charge in [-0.05, 0) is 37.3 Å². The van der Waals surface area contributed by atoms with E-state index < -0.39 is 22.6 Å². The quantitative estimate of drug-likeness (QED) is 0.644. The summed E-state index contributed by atoms with van der Waals surface area (Å²) in [5.74, 6) is -0.707. The normalized spacial score (nSPS) is 27.8. The van der Waals surface area contributed by atoms with Crippen molar-refractivity contribution in [1.29, 1.82) is 0 Å². The van der Waals surface area contributed by atoms with E-state index in [9.17, 15) is 14.4 Å². The predicted molar refractivity (Wildman–Crippen MR) is 85.6 cm³/mol. The van der Waals surface area contributed by atoms with Crippen molar-refractivity contribution in [3.8, 4) is 0 Å². The minimum absolute atomic E-state index is 0.0225. The van der Waals surface area contributed by atoms with Crippen LogP contribution in [0.25, 0.3) is 0 Å². The molecule has 122 valence electrons. The topological polar surface area (TPSA) is 75.3 Å². The Hall–Kier alpha value is -1.88. The highest BCUT2D eigenvalue weighted by molar-refractivity contribution is 6.33. The number of hydrazine groups is 1. The minimum atomic E-state index is -0.998. The highest BCUT2D eigenvalue weighted by Gasteiger charge is 2.65. The number of carbonyl (C=O) groups is 3. The number of ketones is 1. The number of carbonyl (C=O) groups excluding carboxylic acids is 3. The van der Waals surface area contributed by atoms with E-state index in [1.165, 1.54) is 0 Å². The monoisotopic (exact) mass is 334 g/mol. The summed E-state index contributed by atoms with van der Waals surface area (Å²) in [6, 6.07) is 6.57. The van der Waals surface area contributed by atoms with Crippen molar-refractivity contribution in [2.45, 2.75) is 33.1 Å². The lowest BCUT2D eigenvalue weighted by atomic mass is 9.70. The maximum Gasteiger partial charge on any atom is 0.271 e. The van der Waals surface area contributed by atoms with Crippen LogP contribution in [-0.2, 0) is 9.59 Å². The van der Waals surface area contributed by atoms with E-state index in [2.05, 4.69) is 10.9 Å². The molecule has 2 aliphatic rings. The molecule has 2 bridgehead atoms. The smallest absolute Gasteiger partial charge is 0.271 e. The third-order valence-electron chi connectivity index (χ3n) is 5.40. The van der Waals surface area contributed by atoms with Crippen LogP contribution in [0.15, 0.2) is 24.3 Å². The molecule has 0 aliphatic heterocycles. The summed E-state index contributed by atoms with van der Waals surface area (Å²) in [6.45, 7) is 3.80. The Labute approximate surface area is 139 Å². The first kappa shape index (κ1) is 16.0. The summed E-state index contributed by atoms with van der Waals surface area (Å²) in [5.41, 5.74) is 3.59. The zero-order chi connectivity index (χ0) is 16.8. The molecule has 5 nitrogen and oxygen atoms in total. The lowest BCUT2D eigenvalue weighted by molar-refractivity contribution is -0.145. The molecule has 1 aromatic carbocycles. The lowest BCUT2D eigenvalue weighted by Gasteiger charge is -2.32. The Bertz CT molecular complexity index is 701. The van der Waals surface area contributed by atoms with Gasteiger partial charge in [-0.15, -0.1) is 0 Å². The van der Waals surface area contributed by atoms with E-state index in [1.54, 1.807) is 24.3 Å². The van der Waals surface area contributed by atoms with Crippen LogP contribution in [0, 0.1) is 16.7 Å². The Morgan fingerprint density at radius 2 is 1.91 bits per heavy atom. The molecule has 23 heavy (non-hydrogen) atoms. The summed E-state index contributed by atoms with van der Waals surface area (Å²) in [4.78, 5) is 37.3. The average molecular weight is 335 g/mol. The third kappa shape index (κ3) is 2.34. The predicted octanol–water partition coefficient (Wildman–Crippen LogP) is 2.50. The molecular weight excluding hydrogens is 316 g/mol. The van der Waals surface area contributed by atoms with Crippen molar-refractivity contribution in [2.24, 2.45) is 16.7 Å². The highest BCUT2D eigenvalue weighted by atomic mass is 35.5. The van der Waals surface area contributed by atoms with Crippen molar-refractivity contribution >= 4 is 29.2 Å². The summed E-state index contributed by atoms with van der Waals surface area (Å²) in [7, 11) is 0. The molecule has 3 rings (SSSR count).